The van der Waals surface area contributed by atoms with Crippen molar-refractivity contribution in [3.63, 3.8) is 0 Å². The number of carbonyl (C=O) groups excluding carboxylic acids is 2. The van der Waals surface area contributed by atoms with Crippen LogP contribution in [0.15, 0.2) is 4.99 Å². The summed E-state index contributed by atoms with van der Waals surface area (Å²) in [6, 6.07) is -0.504. The Hall–Kier alpha value is -1.04. The third-order valence-corrected chi connectivity index (χ3v) is 3.57. The number of thioether (sulfide) groups is 1. The molecule has 0 bridgehead atoms. The highest BCUT2D eigenvalue weighted by Crippen LogP contribution is 2.10. The molecule has 0 aromatic carbocycles. The summed E-state index contributed by atoms with van der Waals surface area (Å²) >= 11 is 1.53. The Morgan fingerprint density at radius 3 is 2.47 bits per heavy atom. The molecule has 1 rings (SSSR count). The van der Waals surface area contributed by atoms with Gasteiger partial charge in [0.25, 0.3) is 0 Å². The van der Waals surface area contributed by atoms with E-state index in [2.05, 4.69) is 15.6 Å². The van der Waals surface area contributed by atoms with Crippen LogP contribution in [-0.4, -0.2) is 35.3 Å². The van der Waals surface area contributed by atoms with Gasteiger partial charge in [-0.25, -0.2) is 0 Å². The van der Waals surface area contributed by atoms with E-state index in [9.17, 15) is 9.59 Å². The lowest BCUT2D eigenvalue weighted by Crippen LogP contribution is -2.50. The zero-order chi connectivity index (χ0) is 14.4. The average Bonchev–Trinajstić information content (AvgIpc) is 2.77. The van der Waals surface area contributed by atoms with E-state index in [-0.39, 0.29) is 23.7 Å². The van der Waals surface area contributed by atoms with Crippen LogP contribution in [0.2, 0.25) is 0 Å². The minimum absolute atomic E-state index is 0.0446. The van der Waals surface area contributed by atoms with Gasteiger partial charge in [0.05, 0.1) is 6.54 Å². The molecule has 1 aliphatic heterocycles. The standard InChI is InChI=1S/C13H23N3O2S/c1-8(2)7-10(17)15-11(9(3)4)12(18)16-13-14-5-6-19-13/h8-9,11H,5-7H2,1-4H3,(H,15,17)(H,14,16,18). The summed E-state index contributed by atoms with van der Waals surface area (Å²) in [5.41, 5.74) is 0. The second-order valence-electron chi connectivity index (χ2n) is 5.41. The van der Waals surface area contributed by atoms with E-state index in [0.717, 1.165) is 12.3 Å². The summed E-state index contributed by atoms with van der Waals surface area (Å²) in [6.45, 7) is 8.54. The lowest BCUT2D eigenvalue weighted by atomic mass is 10.0. The predicted octanol–water partition coefficient (Wildman–Crippen LogP) is 1.39. The molecule has 1 heterocycles. The summed E-state index contributed by atoms with van der Waals surface area (Å²) in [5, 5.41) is 6.25. The fraction of sp³-hybridized carbons (Fsp3) is 0.769. The predicted molar refractivity (Wildman–Crippen MR) is 79.1 cm³/mol. The van der Waals surface area contributed by atoms with Gasteiger partial charge in [-0.1, -0.05) is 39.5 Å². The van der Waals surface area contributed by atoms with Crippen molar-refractivity contribution in [3.05, 3.63) is 0 Å². The number of amides is 2. The van der Waals surface area contributed by atoms with Crippen molar-refractivity contribution >= 4 is 28.7 Å². The van der Waals surface area contributed by atoms with E-state index >= 15 is 0 Å². The Bertz CT molecular complexity index is 367. The molecule has 1 atom stereocenters. The molecule has 0 fully saturated rings. The number of nitrogens with zero attached hydrogens (tertiary/aromatic N) is 1. The van der Waals surface area contributed by atoms with Gasteiger partial charge in [-0.2, -0.15) is 0 Å². The summed E-state index contributed by atoms with van der Waals surface area (Å²) in [5.74, 6) is 0.973. The lowest BCUT2D eigenvalue weighted by Gasteiger charge is -2.22. The molecule has 0 aliphatic carbocycles. The van der Waals surface area contributed by atoms with Crippen LogP contribution < -0.4 is 10.6 Å². The van der Waals surface area contributed by atoms with Crippen molar-refractivity contribution in [1.29, 1.82) is 0 Å². The number of carbonyl (C=O) groups is 2. The largest absolute Gasteiger partial charge is 0.344 e. The lowest BCUT2D eigenvalue weighted by molar-refractivity contribution is -0.129. The van der Waals surface area contributed by atoms with Crippen LogP contribution >= 0.6 is 11.8 Å². The van der Waals surface area contributed by atoms with Gasteiger partial charge in [-0.15, -0.1) is 0 Å². The first-order valence-corrected chi connectivity index (χ1v) is 7.66. The summed E-state index contributed by atoms with van der Waals surface area (Å²) < 4.78 is 0. The molecule has 0 aromatic heterocycles. The van der Waals surface area contributed by atoms with E-state index < -0.39 is 6.04 Å². The van der Waals surface area contributed by atoms with Crippen LogP contribution in [-0.2, 0) is 9.59 Å². The van der Waals surface area contributed by atoms with Gasteiger partial charge in [0, 0.05) is 12.2 Å². The first kappa shape index (κ1) is 16.0. The monoisotopic (exact) mass is 285 g/mol. The molecule has 0 spiro atoms. The molecule has 0 saturated carbocycles. The van der Waals surface area contributed by atoms with Crippen molar-refractivity contribution in [2.24, 2.45) is 16.8 Å². The number of aliphatic imine (C=N–C) groups is 1. The normalized spacial score (nSPS) is 16.4. The van der Waals surface area contributed by atoms with Crippen LogP contribution in [0.1, 0.15) is 34.1 Å². The first-order valence-electron chi connectivity index (χ1n) is 6.67. The van der Waals surface area contributed by atoms with Crippen LogP contribution in [0.4, 0.5) is 0 Å². The fourth-order valence-electron chi connectivity index (χ4n) is 1.73. The molecule has 6 heteroatoms. The van der Waals surface area contributed by atoms with Gasteiger partial charge in [-0.3, -0.25) is 14.6 Å². The second-order valence-corrected chi connectivity index (χ2v) is 6.50. The Morgan fingerprint density at radius 2 is 2.00 bits per heavy atom. The minimum atomic E-state index is -0.504. The molecule has 1 unspecified atom stereocenters. The minimum Gasteiger partial charge on any atom is -0.344 e. The SMILES string of the molecule is CC(C)CC(=O)NC(C(=O)NC1=NCCS1)C(C)C. The molecule has 5 nitrogen and oxygen atoms in total. The van der Waals surface area contributed by atoms with E-state index in [1.807, 2.05) is 27.7 Å². The molecule has 108 valence electrons. The van der Waals surface area contributed by atoms with Gasteiger partial charge in [0.1, 0.15) is 6.04 Å². The van der Waals surface area contributed by atoms with E-state index in [4.69, 9.17) is 0 Å². The maximum absolute atomic E-state index is 12.1. The highest BCUT2D eigenvalue weighted by Gasteiger charge is 2.25. The van der Waals surface area contributed by atoms with E-state index in [1.54, 1.807) is 0 Å². The number of nitrogens with one attached hydrogen (secondary N) is 2. The number of hydrogen-bond acceptors (Lipinski definition) is 4. The molecule has 1 aliphatic rings. The van der Waals surface area contributed by atoms with Gasteiger partial charge in [0.2, 0.25) is 11.8 Å². The molecule has 0 radical (unpaired) electrons. The third-order valence-electron chi connectivity index (χ3n) is 2.67. The number of rotatable bonds is 5. The van der Waals surface area contributed by atoms with Crippen molar-refractivity contribution in [3.8, 4) is 0 Å². The molecule has 19 heavy (non-hydrogen) atoms. The van der Waals surface area contributed by atoms with Crippen molar-refractivity contribution in [2.45, 2.75) is 40.2 Å². The molecule has 0 aromatic rings. The van der Waals surface area contributed by atoms with Crippen LogP contribution in [0.25, 0.3) is 0 Å². The van der Waals surface area contributed by atoms with Gasteiger partial charge in [-0.05, 0) is 11.8 Å². The summed E-state index contributed by atoms with van der Waals surface area (Å²) in [4.78, 5) is 28.1. The van der Waals surface area contributed by atoms with E-state index in [0.29, 0.717) is 11.6 Å². The van der Waals surface area contributed by atoms with Gasteiger partial charge in [0.15, 0.2) is 5.17 Å². The molecule has 0 saturated heterocycles. The number of hydrogen-bond donors (Lipinski definition) is 2. The zero-order valence-corrected chi connectivity index (χ0v) is 12.8. The highest BCUT2D eigenvalue weighted by molar-refractivity contribution is 8.14. The fourth-order valence-corrected chi connectivity index (χ4v) is 2.46. The Morgan fingerprint density at radius 1 is 1.32 bits per heavy atom. The topological polar surface area (TPSA) is 70.6 Å². The maximum atomic E-state index is 12.1. The summed E-state index contributed by atoms with van der Waals surface area (Å²) in [6.07, 6.45) is 0.437. The molecular weight excluding hydrogens is 262 g/mol. The van der Waals surface area contributed by atoms with Crippen molar-refractivity contribution < 1.29 is 9.59 Å². The highest BCUT2D eigenvalue weighted by atomic mass is 32.2. The molecule has 2 N–H and O–H groups in total. The van der Waals surface area contributed by atoms with Crippen LogP contribution in [0.5, 0.6) is 0 Å². The Kier molecular flexibility index (Phi) is 6.34. The summed E-state index contributed by atoms with van der Waals surface area (Å²) in [7, 11) is 0. The van der Waals surface area contributed by atoms with E-state index in [1.165, 1.54) is 11.8 Å². The second kappa shape index (κ2) is 7.53. The van der Waals surface area contributed by atoms with Crippen LogP contribution in [0, 0.1) is 11.8 Å². The Labute approximate surface area is 119 Å². The molecule has 2 amide bonds. The van der Waals surface area contributed by atoms with Gasteiger partial charge < -0.3 is 10.6 Å². The molecular formula is C13H23N3O2S. The van der Waals surface area contributed by atoms with Crippen molar-refractivity contribution in [1.82, 2.24) is 10.6 Å². The Balaban J connectivity index is 2.55. The quantitative estimate of drug-likeness (QED) is 0.802. The first-order chi connectivity index (χ1) is 8.90. The third kappa shape index (κ3) is 5.63. The van der Waals surface area contributed by atoms with Crippen molar-refractivity contribution in [2.75, 3.05) is 12.3 Å². The zero-order valence-electron chi connectivity index (χ0n) is 12.0. The van der Waals surface area contributed by atoms with Crippen LogP contribution in [0.3, 0.4) is 0 Å². The smallest absolute Gasteiger partial charge is 0.248 e. The average molecular weight is 285 g/mol. The number of amidine groups is 1. The maximum Gasteiger partial charge on any atom is 0.248 e. The van der Waals surface area contributed by atoms with Gasteiger partial charge >= 0.3 is 0 Å².